The molecule has 0 aliphatic carbocycles. The van der Waals surface area contributed by atoms with Crippen LogP contribution in [0, 0.1) is 0 Å². The topological polar surface area (TPSA) is 24.5 Å². The van der Waals surface area contributed by atoms with Crippen molar-refractivity contribution in [2.45, 2.75) is 13.0 Å². The van der Waals surface area contributed by atoms with E-state index in [9.17, 15) is 0 Å². The average molecular weight is 158 g/mol. The van der Waals surface area contributed by atoms with E-state index in [-0.39, 0.29) is 0 Å². The molecule has 0 spiro atoms. The lowest BCUT2D eigenvalue weighted by atomic mass is 10.3. The molecule has 1 fully saturated rings. The Balaban J connectivity index is 2.13. The molecule has 1 N–H and O–H groups in total. The number of hydrogen-bond acceptors (Lipinski definition) is 4. The Hall–Kier alpha value is -0.350. The molecule has 0 radical (unpaired) electrons. The Morgan fingerprint density at radius 2 is 2.80 bits per heavy atom. The predicted molar refractivity (Wildman–Crippen MR) is 40.9 cm³/mol. The monoisotopic (exact) mass is 158 g/mol. The summed E-state index contributed by atoms with van der Waals surface area (Å²) in [5.74, 6) is 1.01. The van der Waals surface area contributed by atoms with E-state index in [0.29, 0.717) is 6.04 Å². The molecule has 1 unspecified atom stereocenters. The third-order valence-corrected chi connectivity index (χ3v) is 2.57. The smallest absolute Gasteiger partial charge is 0.110 e. The van der Waals surface area contributed by atoms with Crippen LogP contribution < -0.4 is 4.72 Å². The zero-order chi connectivity index (χ0) is 6.97. The van der Waals surface area contributed by atoms with Gasteiger partial charge in [0.2, 0.25) is 0 Å². The largest absolute Gasteiger partial charge is 0.494 e. The number of ether oxygens (including phenoxy) is 1. The van der Waals surface area contributed by atoms with Crippen LogP contribution in [0.15, 0.2) is 12.0 Å². The SMILES string of the molecule is CC1=CN2SNCC2CO1. The summed E-state index contributed by atoms with van der Waals surface area (Å²) in [6.07, 6.45) is 2.04. The second-order valence-corrected chi connectivity index (χ2v) is 3.40. The van der Waals surface area contributed by atoms with Crippen LogP contribution in [0.4, 0.5) is 0 Å². The molecule has 0 aromatic rings. The van der Waals surface area contributed by atoms with Gasteiger partial charge in [-0.25, -0.2) is 4.72 Å². The fourth-order valence-corrected chi connectivity index (χ4v) is 1.98. The first-order valence-corrected chi connectivity index (χ1v) is 4.13. The Bertz CT molecular complexity index is 171. The summed E-state index contributed by atoms with van der Waals surface area (Å²) in [6.45, 7) is 3.83. The molecule has 56 valence electrons. The lowest BCUT2D eigenvalue weighted by molar-refractivity contribution is 0.142. The Morgan fingerprint density at radius 3 is 3.70 bits per heavy atom. The molecule has 0 aromatic carbocycles. The molecular formula is C6H10N2OS. The van der Waals surface area contributed by atoms with Crippen molar-refractivity contribution in [3.8, 4) is 0 Å². The zero-order valence-corrected chi connectivity index (χ0v) is 6.65. The van der Waals surface area contributed by atoms with Crippen molar-refractivity contribution < 1.29 is 4.74 Å². The molecule has 1 saturated heterocycles. The number of rotatable bonds is 0. The molecule has 2 heterocycles. The van der Waals surface area contributed by atoms with Gasteiger partial charge in [-0.1, -0.05) is 0 Å². The lowest BCUT2D eigenvalue weighted by Crippen LogP contribution is -2.31. The molecule has 2 aliphatic heterocycles. The summed E-state index contributed by atoms with van der Waals surface area (Å²) in [5, 5.41) is 0. The van der Waals surface area contributed by atoms with Gasteiger partial charge in [0.05, 0.1) is 6.04 Å². The van der Waals surface area contributed by atoms with Crippen molar-refractivity contribution in [3.05, 3.63) is 12.0 Å². The van der Waals surface area contributed by atoms with Gasteiger partial charge < -0.3 is 4.74 Å². The number of nitrogens with one attached hydrogen (secondary N) is 1. The second kappa shape index (κ2) is 2.36. The van der Waals surface area contributed by atoms with Crippen molar-refractivity contribution >= 4 is 12.1 Å². The summed E-state index contributed by atoms with van der Waals surface area (Å²) in [7, 11) is 0. The molecule has 3 nitrogen and oxygen atoms in total. The summed E-state index contributed by atoms with van der Waals surface area (Å²) in [4.78, 5) is 0. The third kappa shape index (κ3) is 0.973. The lowest BCUT2D eigenvalue weighted by Gasteiger charge is -2.25. The van der Waals surface area contributed by atoms with Crippen LogP contribution >= 0.6 is 12.1 Å². The van der Waals surface area contributed by atoms with Crippen molar-refractivity contribution in [2.75, 3.05) is 13.2 Å². The fourth-order valence-electron chi connectivity index (χ4n) is 1.08. The van der Waals surface area contributed by atoms with Crippen LogP contribution in [0.25, 0.3) is 0 Å². The van der Waals surface area contributed by atoms with Crippen molar-refractivity contribution in [1.82, 2.24) is 9.03 Å². The van der Waals surface area contributed by atoms with E-state index < -0.39 is 0 Å². The van der Waals surface area contributed by atoms with E-state index in [4.69, 9.17) is 4.74 Å². The molecular weight excluding hydrogens is 148 g/mol. The molecule has 0 amide bonds. The maximum Gasteiger partial charge on any atom is 0.110 e. The summed E-state index contributed by atoms with van der Waals surface area (Å²) < 4.78 is 10.8. The minimum absolute atomic E-state index is 0.536. The average Bonchev–Trinajstić information content (AvgIpc) is 2.33. The van der Waals surface area contributed by atoms with Gasteiger partial charge in [0.15, 0.2) is 0 Å². The van der Waals surface area contributed by atoms with Gasteiger partial charge >= 0.3 is 0 Å². The molecule has 0 saturated carbocycles. The maximum absolute atomic E-state index is 5.36. The predicted octanol–water partition coefficient (Wildman–Crippen LogP) is 0.715. The van der Waals surface area contributed by atoms with E-state index in [1.807, 2.05) is 13.1 Å². The van der Waals surface area contributed by atoms with Gasteiger partial charge in [0.25, 0.3) is 0 Å². The van der Waals surface area contributed by atoms with E-state index in [1.165, 1.54) is 0 Å². The summed E-state index contributed by atoms with van der Waals surface area (Å²) >= 11 is 1.66. The number of allylic oxidation sites excluding steroid dienone is 1. The normalized spacial score (nSPS) is 31.1. The quantitative estimate of drug-likeness (QED) is 0.525. The molecule has 4 heteroatoms. The number of nitrogens with zero attached hydrogens (tertiary/aromatic N) is 1. The minimum Gasteiger partial charge on any atom is -0.494 e. The molecule has 1 atom stereocenters. The summed E-state index contributed by atoms with van der Waals surface area (Å²) in [5.41, 5.74) is 0. The highest BCUT2D eigenvalue weighted by molar-refractivity contribution is 7.95. The van der Waals surface area contributed by atoms with Crippen molar-refractivity contribution in [3.63, 3.8) is 0 Å². The Kier molecular flexibility index (Phi) is 1.50. The molecule has 0 bridgehead atoms. The zero-order valence-electron chi connectivity index (χ0n) is 5.83. The first-order chi connectivity index (χ1) is 4.86. The second-order valence-electron chi connectivity index (χ2n) is 2.50. The van der Waals surface area contributed by atoms with E-state index >= 15 is 0 Å². The molecule has 10 heavy (non-hydrogen) atoms. The van der Waals surface area contributed by atoms with Crippen LogP contribution in [0.2, 0.25) is 0 Å². The summed E-state index contributed by atoms with van der Waals surface area (Å²) in [6, 6.07) is 0.536. The first kappa shape index (κ1) is 6.37. The molecule has 2 rings (SSSR count). The third-order valence-electron chi connectivity index (χ3n) is 1.66. The molecule has 2 aliphatic rings. The van der Waals surface area contributed by atoms with Gasteiger partial charge in [0.1, 0.15) is 12.4 Å². The highest BCUT2D eigenvalue weighted by atomic mass is 32.2. The van der Waals surface area contributed by atoms with Gasteiger partial charge in [-0.3, -0.25) is 4.31 Å². The number of fused-ring (bicyclic) bond motifs is 1. The highest BCUT2D eigenvalue weighted by Crippen LogP contribution is 2.24. The van der Waals surface area contributed by atoms with E-state index in [0.717, 1.165) is 18.9 Å². The van der Waals surface area contributed by atoms with Crippen LogP contribution in [-0.4, -0.2) is 23.5 Å². The fraction of sp³-hybridized carbons (Fsp3) is 0.667. The van der Waals surface area contributed by atoms with Gasteiger partial charge in [-0.05, 0) is 6.92 Å². The van der Waals surface area contributed by atoms with Gasteiger partial charge in [0, 0.05) is 24.9 Å². The Morgan fingerprint density at radius 1 is 1.90 bits per heavy atom. The highest BCUT2D eigenvalue weighted by Gasteiger charge is 2.26. The van der Waals surface area contributed by atoms with Gasteiger partial charge in [-0.15, -0.1) is 0 Å². The van der Waals surface area contributed by atoms with Crippen LogP contribution in [0.5, 0.6) is 0 Å². The number of hydrogen-bond donors (Lipinski definition) is 1. The van der Waals surface area contributed by atoms with Crippen molar-refractivity contribution in [2.24, 2.45) is 0 Å². The standard InChI is InChI=1S/C6H10N2OS/c1-5-3-8-6(4-9-5)2-7-10-8/h3,6-7H,2,4H2,1H3. The van der Waals surface area contributed by atoms with Crippen LogP contribution in [0.1, 0.15) is 6.92 Å². The maximum atomic E-state index is 5.36. The Labute approximate surface area is 64.7 Å². The van der Waals surface area contributed by atoms with Gasteiger partial charge in [-0.2, -0.15) is 0 Å². The van der Waals surface area contributed by atoms with Crippen LogP contribution in [-0.2, 0) is 4.74 Å². The van der Waals surface area contributed by atoms with Crippen LogP contribution in [0.3, 0.4) is 0 Å². The van der Waals surface area contributed by atoms with E-state index in [2.05, 4.69) is 9.03 Å². The first-order valence-electron chi connectivity index (χ1n) is 3.35. The van der Waals surface area contributed by atoms with E-state index in [1.54, 1.807) is 12.1 Å². The van der Waals surface area contributed by atoms with Crippen molar-refractivity contribution in [1.29, 1.82) is 0 Å². The minimum atomic E-state index is 0.536. The molecule has 0 aromatic heterocycles.